The first kappa shape index (κ1) is 14.3. The molecule has 0 atom stereocenters. The van der Waals surface area contributed by atoms with Crippen LogP contribution in [0.15, 0.2) is 18.3 Å². The Morgan fingerprint density at radius 3 is 2.55 bits per heavy atom. The number of aromatic nitrogens is 1. The van der Waals surface area contributed by atoms with Gasteiger partial charge in [-0.1, -0.05) is 0 Å². The summed E-state index contributed by atoms with van der Waals surface area (Å²) < 4.78 is 44.8. The van der Waals surface area contributed by atoms with E-state index >= 15 is 0 Å². The zero-order valence-corrected chi connectivity index (χ0v) is 10.3. The van der Waals surface area contributed by atoms with Crippen molar-refractivity contribution in [2.45, 2.75) is 31.2 Å². The number of halogens is 3. The molecule has 8 heteroatoms. The molecule has 0 saturated heterocycles. The highest BCUT2D eigenvalue weighted by atomic mass is 19.4. The van der Waals surface area contributed by atoms with Crippen LogP contribution in [0.2, 0.25) is 0 Å². The summed E-state index contributed by atoms with van der Waals surface area (Å²) in [6, 6.07) is 2.72. The van der Waals surface area contributed by atoms with Crippen LogP contribution in [0.3, 0.4) is 0 Å². The Morgan fingerprint density at radius 2 is 2.05 bits per heavy atom. The van der Waals surface area contributed by atoms with Crippen LogP contribution in [-0.2, 0) is 4.74 Å². The molecule has 108 valence electrons. The lowest BCUT2D eigenvalue weighted by atomic mass is 9.80. The highest BCUT2D eigenvalue weighted by Gasteiger charge is 2.34. The summed E-state index contributed by atoms with van der Waals surface area (Å²) in [6.45, 7) is 0. The van der Waals surface area contributed by atoms with Crippen LogP contribution in [0.25, 0.3) is 0 Å². The average Bonchev–Trinajstić information content (AvgIpc) is 2.32. The molecule has 20 heavy (non-hydrogen) atoms. The third kappa shape index (κ3) is 3.69. The molecule has 0 aromatic carbocycles. The van der Waals surface area contributed by atoms with Gasteiger partial charge in [-0.2, -0.15) is 0 Å². The number of ether oxygens (including phenoxy) is 2. The van der Waals surface area contributed by atoms with Gasteiger partial charge >= 0.3 is 6.36 Å². The van der Waals surface area contributed by atoms with E-state index in [0.29, 0.717) is 18.5 Å². The van der Waals surface area contributed by atoms with Crippen LogP contribution in [0.4, 0.5) is 13.2 Å². The van der Waals surface area contributed by atoms with Crippen LogP contribution in [0.5, 0.6) is 5.75 Å². The van der Waals surface area contributed by atoms with Gasteiger partial charge in [0.1, 0.15) is 11.9 Å². The Bertz CT molecular complexity index is 496. The van der Waals surface area contributed by atoms with Gasteiger partial charge in [-0.05, 0) is 25.0 Å². The SMILES string of the molecule is N=CC(=N)OC1CC(c2ccc(OC(F)(F)F)cn2)C1. The van der Waals surface area contributed by atoms with Crippen LogP contribution >= 0.6 is 0 Å². The molecule has 0 unspecified atom stereocenters. The lowest BCUT2D eigenvalue weighted by molar-refractivity contribution is -0.274. The van der Waals surface area contributed by atoms with Crippen LogP contribution < -0.4 is 4.74 Å². The number of pyridine rings is 1. The summed E-state index contributed by atoms with van der Waals surface area (Å²) in [6.07, 6.45) is -1.75. The molecule has 0 spiro atoms. The smallest absolute Gasteiger partial charge is 0.474 e. The van der Waals surface area contributed by atoms with Crippen LogP contribution in [-0.4, -0.2) is 29.6 Å². The second kappa shape index (κ2) is 5.48. The van der Waals surface area contributed by atoms with E-state index in [-0.39, 0.29) is 23.7 Å². The normalized spacial score (nSPS) is 21.8. The molecule has 0 aliphatic heterocycles. The summed E-state index contributed by atoms with van der Waals surface area (Å²) in [4.78, 5) is 3.94. The standard InChI is InChI=1S/C12H12F3N3O2/c13-12(14,15)20-8-1-2-10(18-6-8)7-3-9(4-7)19-11(17)5-16/h1-2,5-7,9,16-17H,3-4H2. The van der Waals surface area contributed by atoms with E-state index in [1.165, 1.54) is 12.1 Å². The molecule has 1 aliphatic rings. The van der Waals surface area contributed by atoms with Gasteiger partial charge in [-0.15, -0.1) is 13.2 Å². The van der Waals surface area contributed by atoms with E-state index in [2.05, 4.69) is 9.72 Å². The topological polar surface area (TPSA) is 79.1 Å². The minimum absolute atomic E-state index is 0.0958. The van der Waals surface area contributed by atoms with E-state index in [1.807, 2.05) is 0 Å². The van der Waals surface area contributed by atoms with E-state index in [1.54, 1.807) is 0 Å². The van der Waals surface area contributed by atoms with E-state index in [0.717, 1.165) is 12.4 Å². The van der Waals surface area contributed by atoms with Gasteiger partial charge in [-0.3, -0.25) is 10.4 Å². The number of alkyl halides is 3. The molecule has 1 saturated carbocycles. The molecule has 0 amide bonds. The maximum absolute atomic E-state index is 12.0. The molecule has 0 radical (unpaired) electrons. The Kier molecular flexibility index (Phi) is 3.91. The first-order valence-corrected chi connectivity index (χ1v) is 5.85. The van der Waals surface area contributed by atoms with Crippen molar-refractivity contribution in [3.63, 3.8) is 0 Å². The first-order chi connectivity index (χ1) is 9.37. The molecule has 2 rings (SSSR count). The van der Waals surface area contributed by atoms with Crippen molar-refractivity contribution in [2.75, 3.05) is 0 Å². The number of hydrogen-bond donors (Lipinski definition) is 2. The zero-order chi connectivity index (χ0) is 14.8. The predicted molar refractivity (Wildman–Crippen MR) is 64.3 cm³/mol. The summed E-state index contributed by atoms with van der Waals surface area (Å²) >= 11 is 0. The maximum Gasteiger partial charge on any atom is 0.573 e. The molecular weight excluding hydrogens is 275 g/mol. The van der Waals surface area contributed by atoms with E-state index in [4.69, 9.17) is 15.6 Å². The molecule has 1 aromatic heterocycles. The van der Waals surface area contributed by atoms with E-state index < -0.39 is 6.36 Å². The summed E-state index contributed by atoms with van der Waals surface area (Å²) in [5, 5.41) is 14.0. The quantitative estimate of drug-likeness (QED) is 0.660. The Hall–Kier alpha value is -2.12. The van der Waals surface area contributed by atoms with Gasteiger partial charge in [0.15, 0.2) is 0 Å². The largest absolute Gasteiger partial charge is 0.573 e. The Balaban J connectivity index is 1.86. The lowest BCUT2D eigenvalue weighted by Crippen LogP contribution is -2.32. The third-order valence-electron chi connectivity index (χ3n) is 2.93. The zero-order valence-electron chi connectivity index (χ0n) is 10.3. The minimum Gasteiger partial charge on any atom is -0.474 e. The van der Waals surface area contributed by atoms with Gasteiger partial charge in [-0.25, -0.2) is 0 Å². The van der Waals surface area contributed by atoms with Crippen molar-refractivity contribution in [1.29, 1.82) is 10.8 Å². The Labute approximate surface area is 112 Å². The van der Waals surface area contributed by atoms with Crippen molar-refractivity contribution in [3.8, 4) is 5.75 Å². The fourth-order valence-electron chi connectivity index (χ4n) is 1.94. The van der Waals surface area contributed by atoms with Crippen LogP contribution in [0.1, 0.15) is 24.5 Å². The molecule has 0 bridgehead atoms. The monoisotopic (exact) mass is 287 g/mol. The average molecular weight is 287 g/mol. The van der Waals surface area contributed by atoms with Gasteiger partial charge < -0.3 is 14.9 Å². The molecule has 1 fully saturated rings. The van der Waals surface area contributed by atoms with Crippen LogP contribution in [0, 0.1) is 10.8 Å². The van der Waals surface area contributed by atoms with Crippen molar-refractivity contribution < 1.29 is 22.6 Å². The molecule has 1 aliphatic carbocycles. The van der Waals surface area contributed by atoms with Gasteiger partial charge in [0.25, 0.3) is 0 Å². The summed E-state index contributed by atoms with van der Waals surface area (Å²) in [7, 11) is 0. The highest BCUT2D eigenvalue weighted by molar-refractivity contribution is 6.23. The second-order valence-electron chi connectivity index (χ2n) is 4.38. The minimum atomic E-state index is -4.72. The van der Waals surface area contributed by atoms with Crippen molar-refractivity contribution in [3.05, 3.63) is 24.0 Å². The van der Waals surface area contributed by atoms with Crippen molar-refractivity contribution in [2.24, 2.45) is 0 Å². The molecule has 1 aromatic rings. The number of hydrogen-bond acceptors (Lipinski definition) is 5. The lowest BCUT2D eigenvalue weighted by Gasteiger charge is -2.34. The van der Waals surface area contributed by atoms with Gasteiger partial charge in [0, 0.05) is 11.6 Å². The second-order valence-corrected chi connectivity index (χ2v) is 4.38. The summed E-state index contributed by atoms with van der Waals surface area (Å²) in [5.41, 5.74) is 0.667. The fourth-order valence-corrected chi connectivity index (χ4v) is 1.94. The molecule has 2 N–H and O–H groups in total. The van der Waals surface area contributed by atoms with Crippen molar-refractivity contribution in [1.82, 2.24) is 4.98 Å². The third-order valence-corrected chi connectivity index (χ3v) is 2.93. The number of nitrogens with one attached hydrogen (secondary N) is 2. The fraction of sp³-hybridized carbons (Fsp3) is 0.417. The molecular formula is C12H12F3N3O2. The first-order valence-electron chi connectivity index (χ1n) is 5.85. The maximum atomic E-state index is 12.0. The molecule has 1 heterocycles. The number of nitrogens with zero attached hydrogens (tertiary/aromatic N) is 1. The van der Waals surface area contributed by atoms with Crippen molar-refractivity contribution >= 4 is 12.1 Å². The van der Waals surface area contributed by atoms with Gasteiger partial charge in [0.2, 0.25) is 5.90 Å². The predicted octanol–water partition coefficient (Wildman–Crippen LogP) is 2.87. The molecule has 5 nitrogen and oxygen atoms in total. The van der Waals surface area contributed by atoms with E-state index in [9.17, 15) is 13.2 Å². The highest BCUT2D eigenvalue weighted by Crippen LogP contribution is 2.38. The Morgan fingerprint density at radius 1 is 1.35 bits per heavy atom. The van der Waals surface area contributed by atoms with Gasteiger partial charge in [0.05, 0.1) is 12.4 Å². The summed E-state index contributed by atoms with van der Waals surface area (Å²) in [5.74, 6) is -0.451. The number of rotatable bonds is 4.